The van der Waals surface area contributed by atoms with E-state index in [2.05, 4.69) is 32.6 Å². The standard InChI is InChI=1S/C42H87N/c1-5-7-9-11-13-15-17-19-21-23-25-27-29-31-33-35-39-43(41-37-38-42(3)4)40-36-34-32-30-28-26-24-22-20-18-16-14-12-10-8-6-2/h42H,5-41H2,1-4H3. The van der Waals surface area contributed by atoms with Crippen molar-refractivity contribution >= 4 is 0 Å². The summed E-state index contributed by atoms with van der Waals surface area (Å²) in [5.74, 6) is 0.855. The Bertz CT molecular complexity index is 436. The zero-order valence-electron chi connectivity index (χ0n) is 31.2. The van der Waals surface area contributed by atoms with Crippen LogP contribution in [0.4, 0.5) is 0 Å². The first kappa shape index (κ1) is 43.0. The second-order valence-electron chi connectivity index (χ2n) is 15.0. The van der Waals surface area contributed by atoms with Crippen molar-refractivity contribution in [2.45, 2.75) is 246 Å². The molecule has 0 radical (unpaired) electrons. The van der Waals surface area contributed by atoms with Gasteiger partial charge in [-0.25, -0.2) is 0 Å². The Kier molecular flexibility index (Phi) is 38.1. The van der Waals surface area contributed by atoms with E-state index < -0.39 is 0 Å². The maximum Gasteiger partial charge on any atom is -0.00186 e. The van der Waals surface area contributed by atoms with Gasteiger partial charge in [0.25, 0.3) is 0 Å². The molecule has 0 bridgehead atoms. The van der Waals surface area contributed by atoms with Crippen molar-refractivity contribution in [3.63, 3.8) is 0 Å². The van der Waals surface area contributed by atoms with Gasteiger partial charge in [-0.15, -0.1) is 0 Å². The molecule has 0 aromatic heterocycles. The summed E-state index contributed by atoms with van der Waals surface area (Å²) in [6, 6.07) is 0. The highest BCUT2D eigenvalue weighted by molar-refractivity contribution is 4.61. The molecule has 0 aliphatic carbocycles. The first-order valence-electron chi connectivity index (χ1n) is 20.9. The van der Waals surface area contributed by atoms with Gasteiger partial charge in [-0.05, 0) is 51.2 Å². The van der Waals surface area contributed by atoms with E-state index in [1.54, 1.807) is 0 Å². The molecule has 0 saturated carbocycles. The van der Waals surface area contributed by atoms with Crippen LogP contribution in [0.25, 0.3) is 0 Å². The van der Waals surface area contributed by atoms with E-state index in [9.17, 15) is 0 Å². The average molecular weight is 606 g/mol. The molecule has 43 heavy (non-hydrogen) atoms. The van der Waals surface area contributed by atoms with Crippen LogP contribution in [0, 0.1) is 5.92 Å². The molecule has 0 spiro atoms. The van der Waals surface area contributed by atoms with Gasteiger partial charge in [0.15, 0.2) is 0 Å². The second kappa shape index (κ2) is 38.1. The van der Waals surface area contributed by atoms with E-state index in [1.807, 2.05) is 0 Å². The predicted molar refractivity (Wildman–Crippen MR) is 200 cm³/mol. The summed E-state index contributed by atoms with van der Waals surface area (Å²) in [4.78, 5) is 2.83. The number of hydrogen-bond acceptors (Lipinski definition) is 1. The average Bonchev–Trinajstić information content (AvgIpc) is 3.00. The van der Waals surface area contributed by atoms with Gasteiger partial charge < -0.3 is 4.90 Å². The van der Waals surface area contributed by atoms with E-state index in [-0.39, 0.29) is 0 Å². The smallest absolute Gasteiger partial charge is 0.00186 e. The van der Waals surface area contributed by atoms with Crippen molar-refractivity contribution in [2.75, 3.05) is 19.6 Å². The van der Waals surface area contributed by atoms with Crippen LogP contribution < -0.4 is 0 Å². The van der Waals surface area contributed by atoms with Crippen LogP contribution in [0.5, 0.6) is 0 Å². The summed E-state index contributed by atoms with van der Waals surface area (Å²) in [7, 11) is 0. The van der Waals surface area contributed by atoms with Gasteiger partial charge in [-0.1, -0.05) is 220 Å². The number of unbranched alkanes of at least 4 members (excludes halogenated alkanes) is 30. The van der Waals surface area contributed by atoms with Crippen molar-refractivity contribution < 1.29 is 0 Å². The Morgan fingerprint density at radius 3 is 0.721 bits per heavy atom. The van der Waals surface area contributed by atoms with Crippen molar-refractivity contribution in [3.05, 3.63) is 0 Å². The molecule has 260 valence electrons. The maximum atomic E-state index is 2.83. The van der Waals surface area contributed by atoms with Crippen LogP contribution in [0.2, 0.25) is 0 Å². The minimum atomic E-state index is 0.855. The lowest BCUT2D eigenvalue weighted by Crippen LogP contribution is -2.27. The summed E-state index contributed by atoms with van der Waals surface area (Å²) in [5.41, 5.74) is 0. The van der Waals surface area contributed by atoms with Crippen molar-refractivity contribution in [3.8, 4) is 0 Å². The largest absolute Gasteiger partial charge is 0.303 e. The van der Waals surface area contributed by atoms with Crippen LogP contribution in [0.3, 0.4) is 0 Å². The minimum absolute atomic E-state index is 0.855. The highest BCUT2D eigenvalue weighted by atomic mass is 15.1. The Morgan fingerprint density at radius 1 is 0.279 bits per heavy atom. The molecule has 0 unspecified atom stereocenters. The summed E-state index contributed by atoms with van der Waals surface area (Å²) < 4.78 is 0. The minimum Gasteiger partial charge on any atom is -0.303 e. The number of nitrogens with zero attached hydrogens (tertiary/aromatic N) is 1. The maximum absolute atomic E-state index is 2.83. The molecule has 0 aliphatic heterocycles. The molecule has 0 aromatic rings. The molecule has 0 aromatic carbocycles. The Labute approximate surface area is 275 Å². The highest BCUT2D eigenvalue weighted by Gasteiger charge is 2.06. The van der Waals surface area contributed by atoms with Crippen molar-refractivity contribution in [2.24, 2.45) is 5.92 Å². The fourth-order valence-corrected chi connectivity index (χ4v) is 6.83. The van der Waals surface area contributed by atoms with E-state index in [0.717, 1.165) is 5.92 Å². The fourth-order valence-electron chi connectivity index (χ4n) is 6.83. The third-order valence-corrected chi connectivity index (χ3v) is 9.91. The van der Waals surface area contributed by atoms with Gasteiger partial charge in [0, 0.05) is 0 Å². The quantitative estimate of drug-likeness (QED) is 0.0633. The number of rotatable bonds is 38. The summed E-state index contributed by atoms with van der Waals surface area (Å²) in [6.07, 6.45) is 49.7. The molecule has 0 atom stereocenters. The highest BCUT2D eigenvalue weighted by Crippen LogP contribution is 2.16. The molecule has 0 N–H and O–H groups in total. The number of hydrogen-bond donors (Lipinski definition) is 0. The van der Waals surface area contributed by atoms with Crippen LogP contribution in [0.15, 0.2) is 0 Å². The molecule has 0 saturated heterocycles. The van der Waals surface area contributed by atoms with Gasteiger partial charge in [-0.2, -0.15) is 0 Å². The molecule has 0 heterocycles. The van der Waals surface area contributed by atoms with Crippen molar-refractivity contribution in [1.29, 1.82) is 0 Å². The molecule has 0 aliphatic rings. The normalized spacial score (nSPS) is 11.9. The third kappa shape index (κ3) is 38.1. The van der Waals surface area contributed by atoms with E-state index in [1.165, 1.54) is 238 Å². The third-order valence-electron chi connectivity index (χ3n) is 9.91. The molecule has 1 heteroatoms. The van der Waals surface area contributed by atoms with Gasteiger partial charge in [0.05, 0.1) is 0 Å². The SMILES string of the molecule is CCCCCCCCCCCCCCCCCCN(CCCCCCCCCCCCCCCCCC)CCCC(C)C. The first-order valence-corrected chi connectivity index (χ1v) is 20.9. The second-order valence-corrected chi connectivity index (χ2v) is 15.0. The zero-order valence-corrected chi connectivity index (χ0v) is 31.2. The lowest BCUT2D eigenvalue weighted by molar-refractivity contribution is 0.251. The van der Waals surface area contributed by atoms with Gasteiger partial charge in [-0.3, -0.25) is 0 Å². The van der Waals surface area contributed by atoms with Crippen LogP contribution in [0.1, 0.15) is 246 Å². The van der Waals surface area contributed by atoms with Gasteiger partial charge >= 0.3 is 0 Å². The van der Waals surface area contributed by atoms with Crippen molar-refractivity contribution in [1.82, 2.24) is 4.90 Å². The lowest BCUT2D eigenvalue weighted by Gasteiger charge is -2.23. The summed E-state index contributed by atoms with van der Waals surface area (Å²) in [6.45, 7) is 13.4. The van der Waals surface area contributed by atoms with E-state index >= 15 is 0 Å². The molecule has 0 fully saturated rings. The Hall–Kier alpha value is -0.0400. The van der Waals surface area contributed by atoms with Gasteiger partial charge in [0.2, 0.25) is 0 Å². The molecule has 0 amide bonds. The van der Waals surface area contributed by atoms with Gasteiger partial charge in [0.1, 0.15) is 0 Å². The zero-order chi connectivity index (χ0) is 31.3. The summed E-state index contributed by atoms with van der Waals surface area (Å²) in [5, 5.41) is 0. The molecule has 0 rings (SSSR count). The Balaban J connectivity index is 3.61. The lowest BCUT2D eigenvalue weighted by atomic mass is 10.0. The molecule has 1 nitrogen and oxygen atoms in total. The summed E-state index contributed by atoms with van der Waals surface area (Å²) >= 11 is 0. The van der Waals surface area contributed by atoms with Crippen LogP contribution in [-0.2, 0) is 0 Å². The fraction of sp³-hybridized carbons (Fsp3) is 1.00. The predicted octanol–water partition coefficient (Wildman–Crippen LogP) is 15.2. The topological polar surface area (TPSA) is 3.24 Å². The van der Waals surface area contributed by atoms with E-state index in [0.29, 0.717) is 0 Å². The molecular formula is C42H87N. The van der Waals surface area contributed by atoms with E-state index in [4.69, 9.17) is 0 Å². The monoisotopic (exact) mass is 606 g/mol. The van der Waals surface area contributed by atoms with Crippen LogP contribution >= 0.6 is 0 Å². The Morgan fingerprint density at radius 2 is 0.488 bits per heavy atom. The molecular weight excluding hydrogens is 518 g/mol. The first-order chi connectivity index (χ1) is 21.2. The van der Waals surface area contributed by atoms with Crippen LogP contribution in [-0.4, -0.2) is 24.5 Å².